The first-order valence-corrected chi connectivity index (χ1v) is 3.77. The van der Waals surface area contributed by atoms with Crippen LogP contribution in [-0.4, -0.2) is 43.4 Å². The molecule has 1 amide bonds. The number of amides is 1. The van der Waals surface area contributed by atoms with Gasteiger partial charge in [0.05, 0.1) is 13.2 Å². The van der Waals surface area contributed by atoms with Gasteiger partial charge in [0.25, 0.3) is 0 Å². The first-order valence-electron chi connectivity index (χ1n) is 3.77. The molecule has 72 valence electrons. The van der Waals surface area contributed by atoms with Crippen LogP contribution in [0, 0.1) is 0 Å². The minimum atomic E-state index is -0.663. The summed E-state index contributed by atoms with van der Waals surface area (Å²) >= 11 is 0. The zero-order valence-electron chi connectivity index (χ0n) is 7.41. The van der Waals surface area contributed by atoms with E-state index in [0.29, 0.717) is 0 Å². The molecule has 0 aromatic carbocycles. The lowest BCUT2D eigenvalue weighted by atomic mass is 10.3. The van der Waals surface area contributed by atoms with Crippen molar-refractivity contribution in [1.29, 1.82) is 0 Å². The third-order valence-electron chi connectivity index (χ3n) is 1.35. The summed E-state index contributed by atoms with van der Waals surface area (Å²) in [7, 11) is 1.47. The minimum absolute atomic E-state index is 0.0918. The van der Waals surface area contributed by atoms with Crippen molar-refractivity contribution in [2.75, 3.05) is 20.3 Å². The molecule has 0 aromatic rings. The van der Waals surface area contributed by atoms with Crippen molar-refractivity contribution in [2.45, 2.75) is 19.0 Å². The molecule has 0 fully saturated rings. The summed E-state index contributed by atoms with van der Waals surface area (Å²) in [6.45, 7) is 1.78. The van der Waals surface area contributed by atoms with Crippen LogP contribution in [0.15, 0.2) is 0 Å². The van der Waals surface area contributed by atoms with E-state index in [4.69, 9.17) is 15.6 Å². The van der Waals surface area contributed by atoms with Crippen molar-refractivity contribution < 1.29 is 14.6 Å². The highest BCUT2D eigenvalue weighted by Gasteiger charge is 2.14. The molecular weight excluding hydrogens is 160 g/mol. The van der Waals surface area contributed by atoms with E-state index in [1.165, 1.54) is 7.11 Å². The Morgan fingerprint density at radius 3 is 2.75 bits per heavy atom. The fraction of sp³-hybridized carbons (Fsp3) is 0.857. The lowest BCUT2D eigenvalue weighted by Gasteiger charge is -2.14. The molecule has 5 nitrogen and oxygen atoms in total. The van der Waals surface area contributed by atoms with Gasteiger partial charge in [-0.2, -0.15) is 0 Å². The Morgan fingerprint density at radius 1 is 1.75 bits per heavy atom. The third kappa shape index (κ3) is 4.27. The predicted molar refractivity (Wildman–Crippen MR) is 44.5 cm³/mol. The minimum Gasteiger partial charge on any atom is -0.394 e. The van der Waals surface area contributed by atoms with Gasteiger partial charge < -0.3 is 20.9 Å². The molecule has 0 heterocycles. The summed E-state index contributed by atoms with van der Waals surface area (Å²) < 4.78 is 4.69. The normalized spacial score (nSPS) is 15.3. The van der Waals surface area contributed by atoms with E-state index in [2.05, 4.69) is 5.32 Å². The molecule has 0 aliphatic rings. The van der Waals surface area contributed by atoms with Crippen LogP contribution in [0.1, 0.15) is 6.92 Å². The number of hydrogen-bond acceptors (Lipinski definition) is 4. The first-order chi connectivity index (χ1) is 5.61. The molecule has 4 N–H and O–H groups in total. The fourth-order valence-electron chi connectivity index (χ4n) is 0.651. The summed E-state index contributed by atoms with van der Waals surface area (Å²) in [5.74, 6) is -0.307. The summed E-state index contributed by atoms with van der Waals surface area (Å²) in [4.78, 5) is 11.1. The quantitative estimate of drug-likeness (QED) is 0.474. The number of hydrogen-bond donors (Lipinski definition) is 3. The number of aliphatic hydroxyl groups is 1. The van der Waals surface area contributed by atoms with Gasteiger partial charge in [0.2, 0.25) is 5.91 Å². The molecule has 0 spiro atoms. The smallest absolute Gasteiger partial charge is 0.239 e. The van der Waals surface area contributed by atoms with Gasteiger partial charge in [-0.1, -0.05) is 0 Å². The molecule has 2 atom stereocenters. The van der Waals surface area contributed by atoms with Crippen LogP contribution in [0.2, 0.25) is 0 Å². The van der Waals surface area contributed by atoms with Gasteiger partial charge in [0.1, 0.15) is 6.04 Å². The highest BCUT2D eigenvalue weighted by Crippen LogP contribution is 1.84. The molecule has 0 aliphatic heterocycles. The van der Waals surface area contributed by atoms with Crippen LogP contribution in [0.4, 0.5) is 0 Å². The monoisotopic (exact) mass is 176 g/mol. The van der Waals surface area contributed by atoms with Crippen LogP contribution in [-0.2, 0) is 9.53 Å². The van der Waals surface area contributed by atoms with Gasteiger partial charge in [-0.25, -0.2) is 0 Å². The lowest BCUT2D eigenvalue weighted by Crippen LogP contribution is -2.47. The topological polar surface area (TPSA) is 84.6 Å². The van der Waals surface area contributed by atoms with E-state index in [9.17, 15) is 4.79 Å². The van der Waals surface area contributed by atoms with Crippen molar-refractivity contribution >= 4 is 5.91 Å². The maximum absolute atomic E-state index is 11.1. The van der Waals surface area contributed by atoms with Crippen molar-refractivity contribution in [1.82, 2.24) is 5.32 Å². The van der Waals surface area contributed by atoms with E-state index in [-0.39, 0.29) is 25.2 Å². The predicted octanol–water partition coefficient (Wildman–Crippen LogP) is -1.54. The van der Waals surface area contributed by atoms with Gasteiger partial charge >= 0.3 is 0 Å². The standard InChI is InChI=1S/C7H16N2O3/c1-5(3-10)9-7(11)6(8)4-12-2/h5-6,10H,3-4,8H2,1-2H3,(H,9,11)/t5-,6?/m0/s1. The van der Waals surface area contributed by atoms with E-state index in [1.54, 1.807) is 6.92 Å². The number of carbonyl (C=O) groups excluding carboxylic acids is 1. The van der Waals surface area contributed by atoms with Crippen molar-refractivity contribution in [2.24, 2.45) is 5.73 Å². The first kappa shape index (κ1) is 11.4. The average Bonchev–Trinajstić information content (AvgIpc) is 2.04. The second kappa shape index (κ2) is 5.93. The summed E-state index contributed by atoms with van der Waals surface area (Å²) in [6.07, 6.45) is 0. The van der Waals surface area contributed by atoms with E-state index >= 15 is 0 Å². The van der Waals surface area contributed by atoms with Gasteiger partial charge in [0.15, 0.2) is 0 Å². The Bertz CT molecular complexity index is 141. The Kier molecular flexibility index (Phi) is 5.61. The third-order valence-corrected chi connectivity index (χ3v) is 1.35. The summed E-state index contributed by atoms with van der Waals surface area (Å²) in [5, 5.41) is 11.1. The van der Waals surface area contributed by atoms with E-state index in [1.807, 2.05) is 0 Å². The molecular formula is C7H16N2O3. The van der Waals surface area contributed by atoms with Crippen molar-refractivity contribution in [3.63, 3.8) is 0 Å². The van der Waals surface area contributed by atoms with Gasteiger partial charge in [-0.15, -0.1) is 0 Å². The number of carbonyl (C=O) groups is 1. The van der Waals surface area contributed by atoms with Crippen LogP contribution in [0.5, 0.6) is 0 Å². The Hall–Kier alpha value is -0.650. The molecule has 0 aromatic heterocycles. The second-order valence-electron chi connectivity index (χ2n) is 2.65. The van der Waals surface area contributed by atoms with E-state index in [0.717, 1.165) is 0 Å². The molecule has 5 heteroatoms. The Morgan fingerprint density at radius 2 is 2.33 bits per heavy atom. The summed E-state index contributed by atoms with van der Waals surface area (Å²) in [6, 6.07) is -0.926. The van der Waals surface area contributed by atoms with Gasteiger partial charge in [0, 0.05) is 13.2 Å². The van der Waals surface area contributed by atoms with Crippen molar-refractivity contribution in [3.8, 4) is 0 Å². The van der Waals surface area contributed by atoms with Crippen LogP contribution in [0.25, 0.3) is 0 Å². The lowest BCUT2D eigenvalue weighted by molar-refractivity contribution is -0.124. The van der Waals surface area contributed by atoms with Crippen LogP contribution in [0.3, 0.4) is 0 Å². The fourth-order valence-corrected chi connectivity index (χ4v) is 0.651. The molecule has 0 rings (SSSR count). The second-order valence-corrected chi connectivity index (χ2v) is 2.65. The zero-order chi connectivity index (χ0) is 9.56. The van der Waals surface area contributed by atoms with E-state index < -0.39 is 6.04 Å². The van der Waals surface area contributed by atoms with Gasteiger partial charge in [-0.05, 0) is 6.92 Å². The molecule has 0 saturated carbocycles. The largest absolute Gasteiger partial charge is 0.394 e. The number of nitrogens with one attached hydrogen (secondary N) is 1. The molecule has 1 unspecified atom stereocenters. The molecule has 0 aliphatic carbocycles. The highest BCUT2D eigenvalue weighted by molar-refractivity contribution is 5.81. The zero-order valence-corrected chi connectivity index (χ0v) is 7.41. The van der Waals surface area contributed by atoms with Crippen LogP contribution < -0.4 is 11.1 Å². The average molecular weight is 176 g/mol. The number of rotatable bonds is 5. The maximum atomic E-state index is 11.1. The molecule has 0 bridgehead atoms. The summed E-state index contributed by atoms with van der Waals surface area (Å²) in [5.41, 5.74) is 5.41. The Balaban J connectivity index is 3.70. The molecule has 12 heavy (non-hydrogen) atoms. The highest BCUT2D eigenvalue weighted by atomic mass is 16.5. The number of nitrogens with two attached hydrogens (primary N) is 1. The SMILES string of the molecule is COCC(N)C(=O)N[C@@H](C)CO. The maximum Gasteiger partial charge on any atom is 0.239 e. The number of methoxy groups -OCH3 is 1. The number of aliphatic hydroxyl groups excluding tert-OH is 1. The van der Waals surface area contributed by atoms with Crippen LogP contribution >= 0.6 is 0 Å². The molecule has 0 saturated heterocycles. The van der Waals surface area contributed by atoms with Crippen molar-refractivity contribution in [3.05, 3.63) is 0 Å². The molecule has 0 radical (unpaired) electrons. The number of ether oxygens (including phenoxy) is 1. The Labute approximate surface area is 71.9 Å². The van der Waals surface area contributed by atoms with Gasteiger partial charge in [-0.3, -0.25) is 4.79 Å².